The maximum absolute atomic E-state index is 12.2. The van der Waals surface area contributed by atoms with Crippen LogP contribution >= 0.6 is 0 Å². The van der Waals surface area contributed by atoms with Crippen LogP contribution in [0.2, 0.25) is 0 Å². The summed E-state index contributed by atoms with van der Waals surface area (Å²) in [5.74, 6) is 0. The number of aldehydes is 1. The second-order valence-electron chi connectivity index (χ2n) is 2.66. The standard InChI is InChI=1S/C9H6F2N2O/c1-5-2-7(9(10)11)13-8(3-12)6(5)4-14/h2,4,9H,1H3. The highest BCUT2D eigenvalue weighted by Crippen LogP contribution is 2.20. The number of pyridine rings is 1. The van der Waals surface area contributed by atoms with Crippen molar-refractivity contribution in [2.75, 3.05) is 0 Å². The van der Waals surface area contributed by atoms with Crippen LogP contribution in [0.3, 0.4) is 0 Å². The molecule has 1 rings (SSSR count). The average molecular weight is 196 g/mol. The van der Waals surface area contributed by atoms with E-state index in [0.29, 0.717) is 11.8 Å². The van der Waals surface area contributed by atoms with Gasteiger partial charge < -0.3 is 0 Å². The number of aryl methyl sites for hydroxylation is 1. The van der Waals surface area contributed by atoms with E-state index < -0.39 is 12.1 Å². The van der Waals surface area contributed by atoms with Crippen LogP contribution in [0, 0.1) is 18.3 Å². The molecule has 0 fully saturated rings. The van der Waals surface area contributed by atoms with Crippen LogP contribution in [0.1, 0.15) is 33.7 Å². The molecule has 1 heterocycles. The van der Waals surface area contributed by atoms with E-state index in [2.05, 4.69) is 4.98 Å². The van der Waals surface area contributed by atoms with Gasteiger partial charge in [0, 0.05) is 0 Å². The number of carbonyl (C=O) groups excluding carboxylic acids is 1. The topological polar surface area (TPSA) is 53.8 Å². The van der Waals surface area contributed by atoms with Crippen LogP contribution in [-0.2, 0) is 0 Å². The number of carbonyl (C=O) groups is 1. The fourth-order valence-electron chi connectivity index (χ4n) is 1.05. The van der Waals surface area contributed by atoms with Crippen LogP contribution in [0.15, 0.2) is 6.07 Å². The monoisotopic (exact) mass is 196 g/mol. The zero-order valence-corrected chi connectivity index (χ0v) is 7.29. The first-order valence-corrected chi connectivity index (χ1v) is 3.75. The van der Waals surface area contributed by atoms with E-state index in [1.807, 2.05) is 0 Å². The molecule has 72 valence electrons. The summed E-state index contributed by atoms with van der Waals surface area (Å²) >= 11 is 0. The van der Waals surface area contributed by atoms with Crippen molar-refractivity contribution >= 4 is 6.29 Å². The van der Waals surface area contributed by atoms with E-state index in [-0.39, 0.29) is 11.3 Å². The van der Waals surface area contributed by atoms with Crippen LogP contribution in [0.25, 0.3) is 0 Å². The van der Waals surface area contributed by atoms with Gasteiger partial charge in [0.05, 0.1) is 5.56 Å². The van der Waals surface area contributed by atoms with Crippen molar-refractivity contribution in [2.45, 2.75) is 13.3 Å². The van der Waals surface area contributed by atoms with Gasteiger partial charge in [-0.15, -0.1) is 0 Å². The Balaban J connectivity index is 3.40. The summed E-state index contributed by atoms with van der Waals surface area (Å²) in [6.07, 6.45) is -2.29. The van der Waals surface area contributed by atoms with Crippen molar-refractivity contribution in [3.8, 4) is 6.07 Å². The van der Waals surface area contributed by atoms with Crippen LogP contribution in [-0.4, -0.2) is 11.3 Å². The second-order valence-corrected chi connectivity index (χ2v) is 2.66. The number of hydrogen-bond acceptors (Lipinski definition) is 3. The van der Waals surface area contributed by atoms with Gasteiger partial charge in [0.25, 0.3) is 6.43 Å². The normalized spacial score (nSPS) is 9.93. The molecule has 0 radical (unpaired) electrons. The second kappa shape index (κ2) is 3.92. The lowest BCUT2D eigenvalue weighted by Gasteiger charge is -2.04. The molecule has 5 heteroatoms. The third kappa shape index (κ3) is 1.74. The lowest BCUT2D eigenvalue weighted by molar-refractivity contribution is 0.112. The Morgan fingerprint density at radius 1 is 1.64 bits per heavy atom. The Hall–Kier alpha value is -1.83. The minimum absolute atomic E-state index is 0.0666. The SMILES string of the molecule is Cc1cc(C(F)F)nc(C#N)c1C=O. The van der Waals surface area contributed by atoms with E-state index >= 15 is 0 Å². The summed E-state index contributed by atoms with van der Waals surface area (Å²) in [7, 11) is 0. The van der Waals surface area contributed by atoms with Crippen LogP contribution < -0.4 is 0 Å². The molecule has 0 saturated heterocycles. The summed E-state index contributed by atoms with van der Waals surface area (Å²) in [4.78, 5) is 13.9. The van der Waals surface area contributed by atoms with Crippen LogP contribution in [0.4, 0.5) is 8.78 Å². The molecule has 14 heavy (non-hydrogen) atoms. The molecule has 3 nitrogen and oxygen atoms in total. The zero-order valence-electron chi connectivity index (χ0n) is 7.29. The van der Waals surface area contributed by atoms with Crippen molar-refractivity contribution in [2.24, 2.45) is 0 Å². The first-order chi connectivity index (χ1) is 6.60. The molecule has 0 saturated carbocycles. The van der Waals surface area contributed by atoms with Gasteiger partial charge in [-0.3, -0.25) is 4.79 Å². The molecule has 1 aromatic rings. The van der Waals surface area contributed by atoms with Gasteiger partial charge >= 0.3 is 0 Å². The predicted molar refractivity (Wildman–Crippen MR) is 44.0 cm³/mol. The third-order valence-corrected chi connectivity index (χ3v) is 1.73. The Kier molecular flexibility index (Phi) is 2.87. The zero-order chi connectivity index (χ0) is 10.7. The molecule has 0 spiro atoms. The molecular formula is C9H6F2N2O. The van der Waals surface area contributed by atoms with Crippen molar-refractivity contribution in [1.82, 2.24) is 4.98 Å². The van der Waals surface area contributed by atoms with Gasteiger partial charge in [0.2, 0.25) is 0 Å². The van der Waals surface area contributed by atoms with E-state index in [0.717, 1.165) is 6.07 Å². The summed E-state index contributed by atoms with van der Waals surface area (Å²) < 4.78 is 24.5. The fourth-order valence-corrected chi connectivity index (χ4v) is 1.05. The van der Waals surface area contributed by atoms with Gasteiger partial charge in [-0.05, 0) is 18.6 Å². The molecule has 0 bridgehead atoms. The first-order valence-electron chi connectivity index (χ1n) is 3.75. The van der Waals surface area contributed by atoms with E-state index in [1.165, 1.54) is 6.92 Å². The number of rotatable bonds is 2. The number of alkyl halides is 2. The highest BCUT2D eigenvalue weighted by molar-refractivity contribution is 5.80. The number of nitriles is 1. The van der Waals surface area contributed by atoms with Crippen molar-refractivity contribution in [1.29, 1.82) is 5.26 Å². The number of halogens is 2. The molecular weight excluding hydrogens is 190 g/mol. The van der Waals surface area contributed by atoms with E-state index in [9.17, 15) is 13.6 Å². The Morgan fingerprint density at radius 3 is 2.71 bits per heavy atom. The van der Waals surface area contributed by atoms with Crippen LogP contribution in [0.5, 0.6) is 0 Å². The first kappa shape index (κ1) is 10.3. The van der Waals surface area contributed by atoms with Gasteiger partial charge in [-0.2, -0.15) is 5.26 Å². The molecule has 0 amide bonds. The lowest BCUT2D eigenvalue weighted by atomic mass is 10.1. The van der Waals surface area contributed by atoms with Gasteiger partial charge in [0.15, 0.2) is 12.0 Å². The van der Waals surface area contributed by atoms with Crippen molar-refractivity contribution in [3.05, 3.63) is 28.6 Å². The average Bonchev–Trinajstić information content (AvgIpc) is 2.16. The Labute approximate surface area is 79.0 Å². The largest absolute Gasteiger partial charge is 0.298 e. The maximum Gasteiger partial charge on any atom is 0.280 e. The summed E-state index contributed by atoms with van der Waals surface area (Å²) in [5.41, 5.74) is -0.335. The third-order valence-electron chi connectivity index (χ3n) is 1.73. The number of hydrogen-bond donors (Lipinski definition) is 0. The van der Waals surface area contributed by atoms with Gasteiger partial charge in [-0.25, -0.2) is 13.8 Å². The highest BCUT2D eigenvalue weighted by Gasteiger charge is 2.14. The van der Waals surface area contributed by atoms with Gasteiger partial charge in [-0.1, -0.05) is 0 Å². The Bertz CT molecular complexity index is 410. The lowest BCUT2D eigenvalue weighted by Crippen LogP contribution is -2.01. The molecule has 0 aliphatic carbocycles. The molecule has 0 aliphatic rings. The number of nitrogens with zero attached hydrogens (tertiary/aromatic N) is 2. The fraction of sp³-hybridized carbons (Fsp3) is 0.222. The Morgan fingerprint density at radius 2 is 2.29 bits per heavy atom. The van der Waals surface area contributed by atoms with Gasteiger partial charge in [0.1, 0.15) is 11.8 Å². The van der Waals surface area contributed by atoms with Crippen molar-refractivity contribution in [3.63, 3.8) is 0 Å². The predicted octanol–water partition coefficient (Wildman–Crippen LogP) is 2.01. The molecule has 0 aromatic carbocycles. The summed E-state index contributed by atoms with van der Waals surface area (Å²) in [6.45, 7) is 1.48. The quantitative estimate of drug-likeness (QED) is 0.680. The highest BCUT2D eigenvalue weighted by atomic mass is 19.3. The smallest absolute Gasteiger partial charge is 0.280 e. The van der Waals surface area contributed by atoms with E-state index in [1.54, 1.807) is 6.07 Å². The summed E-state index contributed by atoms with van der Waals surface area (Å²) in [6, 6.07) is 2.71. The summed E-state index contributed by atoms with van der Waals surface area (Å²) in [5, 5.41) is 8.56. The minimum atomic E-state index is -2.73. The maximum atomic E-state index is 12.2. The molecule has 0 N–H and O–H groups in total. The molecule has 0 unspecified atom stereocenters. The minimum Gasteiger partial charge on any atom is -0.298 e. The molecule has 0 atom stereocenters. The number of aromatic nitrogens is 1. The molecule has 0 aliphatic heterocycles. The van der Waals surface area contributed by atoms with Crippen molar-refractivity contribution < 1.29 is 13.6 Å². The molecule has 1 aromatic heterocycles. The van der Waals surface area contributed by atoms with E-state index in [4.69, 9.17) is 5.26 Å².